The highest BCUT2D eigenvalue weighted by Gasteiger charge is 2.23. The molecule has 1 rings (SSSR count). The molecule has 0 aromatic carbocycles. The molecule has 0 saturated heterocycles. The van der Waals surface area contributed by atoms with E-state index in [2.05, 4.69) is 58.9 Å². The summed E-state index contributed by atoms with van der Waals surface area (Å²) >= 11 is 0. The molecule has 0 radical (unpaired) electrons. The zero-order valence-electron chi connectivity index (χ0n) is 12.5. The van der Waals surface area contributed by atoms with E-state index >= 15 is 0 Å². The van der Waals surface area contributed by atoms with Crippen LogP contribution >= 0.6 is 0 Å². The van der Waals surface area contributed by atoms with E-state index in [0.717, 1.165) is 5.76 Å². The van der Waals surface area contributed by atoms with E-state index in [9.17, 15) is 0 Å². The maximum atomic E-state index is 5.74. The lowest BCUT2D eigenvalue weighted by atomic mass is 9.78. The molecule has 0 aliphatic heterocycles. The van der Waals surface area contributed by atoms with Gasteiger partial charge in [-0.1, -0.05) is 45.4 Å². The first-order valence-corrected chi connectivity index (χ1v) is 6.51. The topological polar surface area (TPSA) is 18.5 Å². The van der Waals surface area contributed by atoms with Crippen molar-refractivity contribution in [1.29, 1.82) is 0 Å². The molecule has 0 bridgehead atoms. The van der Waals surface area contributed by atoms with Gasteiger partial charge in [-0.3, -0.25) is 0 Å². The highest BCUT2D eigenvalue weighted by atomic mass is 16.5. The van der Waals surface area contributed by atoms with Gasteiger partial charge < -0.3 is 9.47 Å². The second-order valence-electron chi connectivity index (χ2n) is 6.09. The van der Waals surface area contributed by atoms with Crippen LogP contribution in [0, 0.1) is 10.8 Å². The van der Waals surface area contributed by atoms with E-state index < -0.39 is 0 Å². The Balaban J connectivity index is 2.96. The highest BCUT2D eigenvalue weighted by molar-refractivity contribution is 5.30. The van der Waals surface area contributed by atoms with Crippen molar-refractivity contribution >= 4 is 0 Å². The van der Waals surface area contributed by atoms with Crippen LogP contribution in [0.1, 0.15) is 34.6 Å². The molecule has 2 heteroatoms. The number of rotatable bonds is 4. The summed E-state index contributed by atoms with van der Waals surface area (Å²) in [6.07, 6.45) is 8.76. The Kier molecular flexibility index (Phi) is 4.80. The van der Waals surface area contributed by atoms with Crippen LogP contribution in [-0.4, -0.2) is 20.3 Å². The third kappa shape index (κ3) is 4.34. The fraction of sp³-hybridized carbons (Fsp3) is 0.625. The molecule has 18 heavy (non-hydrogen) atoms. The van der Waals surface area contributed by atoms with E-state index in [1.807, 2.05) is 0 Å². The van der Waals surface area contributed by atoms with Gasteiger partial charge in [-0.25, -0.2) is 0 Å². The summed E-state index contributed by atoms with van der Waals surface area (Å²) < 4.78 is 10.8. The predicted octanol–water partition coefficient (Wildman–Crippen LogP) is 4.10. The maximum Gasteiger partial charge on any atom is 0.116 e. The largest absolute Gasteiger partial charge is 0.492 e. The summed E-state index contributed by atoms with van der Waals surface area (Å²) in [5.41, 5.74) is 1.46. The predicted molar refractivity (Wildman–Crippen MR) is 76.4 cm³/mol. The number of ether oxygens (including phenoxy) is 2. The third-order valence-electron chi connectivity index (χ3n) is 3.34. The zero-order chi connectivity index (χ0) is 13.8. The van der Waals surface area contributed by atoms with Gasteiger partial charge in [0.2, 0.25) is 0 Å². The minimum atomic E-state index is 0.00845. The van der Waals surface area contributed by atoms with E-state index in [1.165, 1.54) is 5.57 Å². The molecule has 0 N–H and O–H groups in total. The van der Waals surface area contributed by atoms with Gasteiger partial charge in [0, 0.05) is 17.9 Å². The van der Waals surface area contributed by atoms with Crippen LogP contribution in [0.25, 0.3) is 0 Å². The molecule has 0 spiro atoms. The molecule has 102 valence electrons. The number of hydrogen-bond acceptors (Lipinski definition) is 2. The van der Waals surface area contributed by atoms with Crippen molar-refractivity contribution in [2.45, 2.75) is 34.6 Å². The average molecular weight is 250 g/mol. The van der Waals surface area contributed by atoms with Crippen LogP contribution < -0.4 is 0 Å². The first-order chi connectivity index (χ1) is 8.27. The fourth-order valence-electron chi connectivity index (χ4n) is 1.95. The highest BCUT2D eigenvalue weighted by Crippen LogP contribution is 2.35. The van der Waals surface area contributed by atoms with Crippen molar-refractivity contribution in [1.82, 2.24) is 0 Å². The Hall–Kier alpha value is -1.02. The quantitative estimate of drug-likeness (QED) is 0.552. The first-order valence-electron chi connectivity index (χ1n) is 6.51. The summed E-state index contributed by atoms with van der Waals surface area (Å²) in [7, 11) is 1.69. The van der Waals surface area contributed by atoms with Crippen molar-refractivity contribution in [2.75, 3.05) is 20.3 Å². The van der Waals surface area contributed by atoms with E-state index in [-0.39, 0.29) is 10.8 Å². The molecule has 1 aliphatic carbocycles. The molecule has 0 saturated carbocycles. The van der Waals surface area contributed by atoms with Crippen LogP contribution in [0.5, 0.6) is 0 Å². The van der Waals surface area contributed by atoms with E-state index in [1.54, 1.807) is 7.11 Å². The lowest BCUT2D eigenvalue weighted by Gasteiger charge is -2.28. The smallest absolute Gasteiger partial charge is 0.116 e. The number of hydrogen-bond donors (Lipinski definition) is 0. The molecule has 2 nitrogen and oxygen atoms in total. The minimum absolute atomic E-state index is 0.00845. The molecule has 0 heterocycles. The van der Waals surface area contributed by atoms with Crippen molar-refractivity contribution in [3.63, 3.8) is 0 Å². The molecule has 0 fully saturated rings. The van der Waals surface area contributed by atoms with Crippen molar-refractivity contribution in [3.05, 3.63) is 35.6 Å². The second kappa shape index (κ2) is 5.75. The second-order valence-corrected chi connectivity index (χ2v) is 6.09. The van der Waals surface area contributed by atoms with Gasteiger partial charge in [0.25, 0.3) is 0 Å². The summed E-state index contributed by atoms with van der Waals surface area (Å²) in [5.74, 6) is 0.925. The summed E-state index contributed by atoms with van der Waals surface area (Å²) in [4.78, 5) is 0. The minimum Gasteiger partial charge on any atom is -0.492 e. The Morgan fingerprint density at radius 1 is 1.06 bits per heavy atom. The van der Waals surface area contributed by atoms with Crippen LogP contribution in [0.2, 0.25) is 0 Å². The molecule has 0 atom stereocenters. The van der Waals surface area contributed by atoms with E-state index in [0.29, 0.717) is 13.2 Å². The molecule has 0 aromatic heterocycles. The number of methoxy groups -OCH3 is 1. The Morgan fingerprint density at radius 2 is 1.72 bits per heavy atom. The van der Waals surface area contributed by atoms with Crippen molar-refractivity contribution in [3.8, 4) is 0 Å². The Bertz CT molecular complexity index is 371. The van der Waals surface area contributed by atoms with Crippen molar-refractivity contribution < 1.29 is 9.47 Å². The van der Waals surface area contributed by atoms with Crippen LogP contribution in [-0.2, 0) is 9.47 Å². The van der Waals surface area contributed by atoms with Crippen LogP contribution in [0.15, 0.2) is 35.6 Å². The van der Waals surface area contributed by atoms with Gasteiger partial charge in [0.05, 0.1) is 6.61 Å². The summed E-state index contributed by atoms with van der Waals surface area (Å²) in [5, 5.41) is 0. The third-order valence-corrected chi connectivity index (χ3v) is 3.34. The van der Waals surface area contributed by atoms with Gasteiger partial charge in [-0.15, -0.1) is 0 Å². The maximum absolute atomic E-state index is 5.74. The van der Waals surface area contributed by atoms with Crippen LogP contribution in [0.3, 0.4) is 0 Å². The lowest BCUT2D eigenvalue weighted by molar-refractivity contribution is 0.113. The van der Waals surface area contributed by atoms with Gasteiger partial charge in [-0.05, 0) is 19.1 Å². The van der Waals surface area contributed by atoms with E-state index in [4.69, 9.17) is 9.47 Å². The zero-order valence-corrected chi connectivity index (χ0v) is 12.5. The fourth-order valence-corrected chi connectivity index (χ4v) is 1.95. The SMILES string of the molecule is COCCOC1=CC(C)(C)/C=C(/C)C(C)(C)C=C1. The Morgan fingerprint density at radius 3 is 2.33 bits per heavy atom. The van der Waals surface area contributed by atoms with Crippen LogP contribution in [0.4, 0.5) is 0 Å². The molecular weight excluding hydrogens is 224 g/mol. The average Bonchev–Trinajstić information content (AvgIpc) is 2.24. The molecular formula is C16H26O2. The monoisotopic (exact) mass is 250 g/mol. The molecule has 0 unspecified atom stereocenters. The summed E-state index contributed by atoms with van der Waals surface area (Å²) in [6, 6.07) is 0. The van der Waals surface area contributed by atoms with Gasteiger partial charge >= 0.3 is 0 Å². The Labute approximate surface area is 111 Å². The van der Waals surface area contributed by atoms with Crippen molar-refractivity contribution in [2.24, 2.45) is 10.8 Å². The summed E-state index contributed by atoms with van der Waals surface area (Å²) in [6.45, 7) is 12.2. The first kappa shape index (κ1) is 15.0. The standard InChI is InChI=1S/C16H26O2/c1-13-11-15(2,3)12-14(18-10-9-17-6)7-8-16(13,4)5/h7-8,11-12H,9-10H2,1-6H3/b8-7?,13-11-,14-12?. The normalized spacial score (nSPS) is 24.6. The molecule has 0 aromatic rings. The van der Waals surface area contributed by atoms with Gasteiger partial charge in [-0.2, -0.15) is 0 Å². The molecule has 1 aliphatic rings. The number of allylic oxidation sites excluding steroid dienone is 5. The van der Waals surface area contributed by atoms with Gasteiger partial charge in [0.15, 0.2) is 0 Å². The molecule has 0 amide bonds. The lowest BCUT2D eigenvalue weighted by Crippen LogP contribution is -2.16. The van der Waals surface area contributed by atoms with Gasteiger partial charge in [0.1, 0.15) is 12.4 Å².